The Labute approximate surface area is 157 Å². The van der Waals surface area contributed by atoms with Crippen LogP contribution < -0.4 is 0 Å². The van der Waals surface area contributed by atoms with Crippen LogP contribution in [0.25, 0.3) is 22.2 Å². The Kier molecular flexibility index (Phi) is 4.83. The number of β-amino-alcohol motifs (C(OH)–C–C–N with tert-alkyl or cyclic N) is 1. The molecule has 3 heterocycles. The Morgan fingerprint density at radius 2 is 2.07 bits per heavy atom. The van der Waals surface area contributed by atoms with E-state index in [4.69, 9.17) is 0 Å². The molecule has 1 saturated heterocycles. The molecule has 27 heavy (non-hydrogen) atoms. The van der Waals surface area contributed by atoms with E-state index in [1.165, 1.54) is 0 Å². The first-order valence-electron chi connectivity index (χ1n) is 9.06. The molecule has 6 nitrogen and oxygen atoms in total. The number of aliphatic hydroxyl groups is 2. The van der Waals surface area contributed by atoms with Crippen molar-refractivity contribution >= 4 is 16.8 Å². The van der Waals surface area contributed by atoms with Gasteiger partial charge in [0.15, 0.2) is 0 Å². The second kappa shape index (κ2) is 7.42. The van der Waals surface area contributed by atoms with Crippen LogP contribution in [0.2, 0.25) is 0 Å². The van der Waals surface area contributed by atoms with Gasteiger partial charge in [-0.1, -0.05) is 18.2 Å². The molecule has 4 rings (SSSR count). The highest BCUT2D eigenvalue weighted by Crippen LogP contribution is 2.27. The van der Waals surface area contributed by atoms with Gasteiger partial charge in [0.2, 0.25) is 0 Å². The van der Waals surface area contributed by atoms with E-state index in [0.29, 0.717) is 24.2 Å². The number of likely N-dealkylation sites (tertiary alicyclic amines) is 1. The van der Waals surface area contributed by atoms with Crippen LogP contribution in [-0.4, -0.2) is 56.8 Å². The first kappa shape index (κ1) is 17.6. The van der Waals surface area contributed by atoms with E-state index in [1.807, 2.05) is 36.4 Å². The Bertz CT molecular complexity index is 961. The molecule has 1 fully saturated rings. The lowest BCUT2D eigenvalue weighted by Crippen LogP contribution is -2.47. The maximum Gasteiger partial charge on any atom is 0.254 e. The first-order chi connectivity index (χ1) is 13.2. The van der Waals surface area contributed by atoms with Crippen LogP contribution in [0.4, 0.5) is 0 Å². The summed E-state index contributed by atoms with van der Waals surface area (Å²) in [7, 11) is 0. The molecule has 2 atom stereocenters. The largest absolute Gasteiger partial charge is 0.396 e. The highest BCUT2D eigenvalue weighted by atomic mass is 16.3. The molecule has 1 amide bonds. The third-order valence-electron chi connectivity index (χ3n) is 5.15. The normalized spacial score (nSPS) is 20.0. The summed E-state index contributed by atoms with van der Waals surface area (Å²) >= 11 is 0. The van der Waals surface area contributed by atoms with E-state index in [9.17, 15) is 15.0 Å². The van der Waals surface area contributed by atoms with Crippen molar-refractivity contribution in [3.63, 3.8) is 0 Å². The fourth-order valence-electron chi connectivity index (χ4n) is 3.56. The van der Waals surface area contributed by atoms with Gasteiger partial charge >= 0.3 is 0 Å². The Hall–Kier alpha value is -2.83. The number of hydrogen-bond acceptors (Lipinski definition) is 5. The second-order valence-corrected chi connectivity index (χ2v) is 6.86. The SMILES string of the molecule is O=C(c1cc(-c2cccnc2)nc2ccccc12)N1CC[C@H](CO)[C@H](O)C1. The van der Waals surface area contributed by atoms with Crippen LogP contribution in [0.15, 0.2) is 54.9 Å². The summed E-state index contributed by atoms with van der Waals surface area (Å²) in [5.74, 6) is -0.302. The van der Waals surface area contributed by atoms with Crippen LogP contribution in [0, 0.1) is 5.92 Å². The van der Waals surface area contributed by atoms with Crippen molar-refractivity contribution in [1.29, 1.82) is 0 Å². The molecule has 0 unspecified atom stereocenters. The monoisotopic (exact) mass is 363 g/mol. The number of piperidine rings is 1. The maximum absolute atomic E-state index is 13.2. The number of carbonyl (C=O) groups is 1. The minimum Gasteiger partial charge on any atom is -0.396 e. The van der Waals surface area contributed by atoms with E-state index in [1.54, 1.807) is 23.4 Å². The first-order valence-corrected chi connectivity index (χ1v) is 9.06. The van der Waals surface area contributed by atoms with Crippen molar-refractivity contribution in [2.45, 2.75) is 12.5 Å². The van der Waals surface area contributed by atoms with Gasteiger partial charge < -0.3 is 15.1 Å². The summed E-state index contributed by atoms with van der Waals surface area (Å²) in [5, 5.41) is 20.3. The number of aliphatic hydroxyl groups excluding tert-OH is 2. The zero-order chi connectivity index (χ0) is 18.8. The summed E-state index contributed by atoms with van der Waals surface area (Å²) in [6.07, 6.45) is 3.30. The second-order valence-electron chi connectivity index (χ2n) is 6.86. The summed E-state index contributed by atoms with van der Waals surface area (Å²) in [6.45, 7) is 0.676. The van der Waals surface area contributed by atoms with Crippen molar-refractivity contribution in [1.82, 2.24) is 14.9 Å². The highest BCUT2D eigenvalue weighted by Gasteiger charge is 2.31. The molecule has 1 aromatic carbocycles. The average molecular weight is 363 g/mol. The molecule has 0 radical (unpaired) electrons. The number of pyridine rings is 2. The van der Waals surface area contributed by atoms with Crippen LogP contribution in [0.1, 0.15) is 16.8 Å². The summed E-state index contributed by atoms with van der Waals surface area (Å²) in [4.78, 5) is 23.7. The molecule has 0 spiro atoms. The van der Waals surface area contributed by atoms with Gasteiger partial charge in [-0.25, -0.2) is 4.98 Å². The van der Waals surface area contributed by atoms with Gasteiger partial charge in [0, 0.05) is 49.0 Å². The fraction of sp³-hybridized carbons (Fsp3) is 0.286. The van der Waals surface area contributed by atoms with Gasteiger partial charge in [-0.3, -0.25) is 9.78 Å². The standard InChI is InChI=1S/C21H21N3O3/c25-13-15-7-9-24(12-20(15)26)21(27)17-10-19(14-4-3-8-22-11-14)23-18-6-2-1-5-16(17)18/h1-6,8,10-11,15,20,25-26H,7,9,12-13H2/t15-,20-/m1/s1. The van der Waals surface area contributed by atoms with Gasteiger partial charge in [-0.15, -0.1) is 0 Å². The van der Waals surface area contributed by atoms with Crippen molar-refractivity contribution in [2.24, 2.45) is 5.92 Å². The Balaban J connectivity index is 1.75. The average Bonchev–Trinajstić information content (AvgIpc) is 2.73. The Morgan fingerprint density at radius 3 is 2.81 bits per heavy atom. The van der Waals surface area contributed by atoms with Crippen molar-refractivity contribution in [3.05, 3.63) is 60.4 Å². The molecule has 3 aromatic rings. The van der Waals surface area contributed by atoms with E-state index in [-0.39, 0.29) is 25.0 Å². The summed E-state index contributed by atoms with van der Waals surface area (Å²) < 4.78 is 0. The topological polar surface area (TPSA) is 86.6 Å². The highest BCUT2D eigenvalue weighted by molar-refractivity contribution is 6.07. The molecule has 6 heteroatoms. The molecule has 0 bridgehead atoms. The van der Waals surface area contributed by atoms with Crippen LogP contribution in [0.5, 0.6) is 0 Å². The number of fused-ring (bicyclic) bond motifs is 1. The van der Waals surface area contributed by atoms with Crippen LogP contribution in [0.3, 0.4) is 0 Å². The van der Waals surface area contributed by atoms with Crippen molar-refractivity contribution < 1.29 is 15.0 Å². The fourth-order valence-corrected chi connectivity index (χ4v) is 3.56. The third kappa shape index (κ3) is 3.41. The molecule has 2 aromatic heterocycles. The zero-order valence-corrected chi connectivity index (χ0v) is 14.8. The number of aromatic nitrogens is 2. The minimum absolute atomic E-state index is 0.0630. The lowest BCUT2D eigenvalue weighted by atomic mass is 9.94. The van der Waals surface area contributed by atoms with Gasteiger partial charge in [0.05, 0.1) is 22.9 Å². The molecular formula is C21H21N3O3. The molecule has 2 N–H and O–H groups in total. The zero-order valence-electron chi connectivity index (χ0n) is 14.8. The van der Waals surface area contributed by atoms with E-state index >= 15 is 0 Å². The van der Waals surface area contributed by atoms with Gasteiger partial charge in [-0.05, 0) is 30.7 Å². The van der Waals surface area contributed by atoms with Crippen molar-refractivity contribution in [3.8, 4) is 11.3 Å². The van der Waals surface area contributed by atoms with E-state index in [0.717, 1.165) is 16.5 Å². The minimum atomic E-state index is -0.710. The molecule has 1 aliphatic heterocycles. The van der Waals surface area contributed by atoms with E-state index < -0.39 is 6.10 Å². The van der Waals surface area contributed by atoms with E-state index in [2.05, 4.69) is 9.97 Å². The number of nitrogens with zero attached hydrogens (tertiary/aromatic N) is 3. The van der Waals surface area contributed by atoms with Gasteiger partial charge in [-0.2, -0.15) is 0 Å². The molecule has 1 aliphatic rings. The summed E-state index contributed by atoms with van der Waals surface area (Å²) in [6, 6.07) is 13.1. The third-order valence-corrected chi connectivity index (χ3v) is 5.15. The van der Waals surface area contributed by atoms with Crippen LogP contribution >= 0.6 is 0 Å². The van der Waals surface area contributed by atoms with Gasteiger partial charge in [0.1, 0.15) is 0 Å². The maximum atomic E-state index is 13.2. The van der Waals surface area contributed by atoms with Gasteiger partial charge in [0.25, 0.3) is 5.91 Å². The number of hydrogen-bond donors (Lipinski definition) is 2. The Morgan fingerprint density at radius 1 is 1.22 bits per heavy atom. The lowest BCUT2D eigenvalue weighted by Gasteiger charge is -2.35. The predicted molar refractivity (Wildman–Crippen MR) is 102 cm³/mol. The number of para-hydroxylation sites is 1. The predicted octanol–water partition coefficient (Wildman–Crippen LogP) is 2.11. The number of rotatable bonds is 3. The van der Waals surface area contributed by atoms with Crippen molar-refractivity contribution in [2.75, 3.05) is 19.7 Å². The van der Waals surface area contributed by atoms with Crippen LogP contribution in [-0.2, 0) is 0 Å². The summed E-state index contributed by atoms with van der Waals surface area (Å²) in [5.41, 5.74) is 2.84. The number of carbonyl (C=O) groups excluding carboxylic acids is 1. The molecule has 0 saturated carbocycles. The molecule has 0 aliphatic carbocycles. The molecule has 138 valence electrons. The lowest BCUT2D eigenvalue weighted by molar-refractivity contribution is 0.000951. The number of amides is 1. The number of benzene rings is 1. The quantitative estimate of drug-likeness (QED) is 0.744. The smallest absolute Gasteiger partial charge is 0.254 e. The molecular weight excluding hydrogens is 342 g/mol.